The van der Waals surface area contributed by atoms with E-state index in [-0.39, 0.29) is 24.1 Å². The van der Waals surface area contributed by atoms with Gasteiger partial charge in [0.15, 0.2) is 0 Å². The molecule has 0 unspecified atom stereocenters. The highest BCUT2D eigenvalue weighted by Gasteiger charge is 2.38. The number of carbonyl (C=O) groups is 1. The van der Waals surface area contributed by atoms with E-state index in [1.807, 2.05) is 20.8 Å². The van der Waals surface area contributed by atoms with Crippen LogP contribution in [0.3, 0.4) is 0 Å². The van der Waals surface area contributed by atoms with Gasteiger partial charge in [-0.2, -0.15) is 10.2 Å². The molecule has 1 aliphatic heterocycles. The van der Waals surface area contributed by atoms with Crippen molar-refractivity contribution < 1.29 is 15.0 Å². The molecule has 1 aromatic carbocycles. The molecule has 0 aliphatic carbocycles. The Balaban J connectivity index is 0.00000408. The Bertz CT molecular complexity index is 1100. The fourth-order valence-corrected chi connectivity index (χ4v) is 4.20. The summed E-state index contributed by atoms with van der Waals surface area (Å²) in [5.41, 5.74) is -1.13. The van der Waals surface area contributed by atoms with Crippen molar-refractivity contribution in [3.05, 3.63) is 34.6 Å². The number of nitriles is 1. The molecule has 0 spiro atoms. The van der Waals surface area contributed by atoms with Gasteiger partial charge in [-0.3, -0.25) is 4.79 Å². The third-order valence-electron chi connectivity index (χ3n) is 5.87. The molecule has 9 heteroatoms. The topological polar surface area (TPSA) is 111 Å². The van der Waals surface area contributed by atoms with Crippen LogP contribution in [0.4, 0.5) is 10.2 Å². The molecule has 0 radical (unpaired) electrons. The molecule has 1 atom stereocenters. The number of benzene rings is 1. The summed E-state index contributed by atoms with van der Waals surface area (Å²) in [7, 11) is 0. The summed E-state index contributed by atoms with van der Waals surface area (Å²) in [6.45, 7) is 10.6. The molecule has 1 aromatic heterocycles. The number of hydrogen-bond acceptors (Lipinski definition) is 7. The van der Waals surface area contributed by atoms with Crippen LogP contribution in [-0.4, -0.2) is 47.0 Å². The van der Waals surface area contributed by atoms with Crippen LogP contribution in [0.15, 0.2) is 27.4 Å². The third kappa shape index (κ3) is 6.29. The highest BCUT2D eigenvalue weighted by molar-refractivity contribution is 5.91. The number of amides is 1. The molecule has 3 rings (SSSR count). The number of piperidine rings is 1. The van der Waals surface area contributed by atoms with Crippen LogP contribution in [0.5, 0.6) is 0 Å². The van der Waals surface area contributed by atoms with Crippen LogP contribution >= 0.6 is 0 Å². The maximum atomic E-state index is 13.6. The second kappa shape index (κ2) is 9.87. The first-order valence-corrected chi connectivity index (χ1v) is 11.4. The number of anilines is 1. The van der Waals surface area contributed by atoms with E-state index in [0.717, 1.165) is 32.1 Å². The molecule has 180 valence electrons. The normalized spacial score (nSPS) is 17.3. The van der Waals surface area contributed by atoms with Crippen LogP contribution in [0, 0.1) is 22.6 Å². The molecule has 2 aromatic rings. The van der Waals surface area contributed by atoms with E-state index < -0.39 is 23.2 Å². The number of fused-ring (bicyclic) bond motifs is 1. The van der Waals surface area contributed by atoms with Crippen LogP contribution in [-0.2, 0) is 4.79 Å². The Labute approximate surface area is 194 Å². The first-order valence-electron chi connectivity index (χ1n) is 11.4. The van der Waals surface area contributed by atoms with Gasteiger partial charge in [-0.05, 0) is 49.8 Å². The predicted molar refractivity (Wildman–Crippen MR) is 126 cm³/mol. The Kier molecular flexibility index (Phi) is 7.38. The SMILES string of the molecule is CCCN1CCC(C#N)(NC(=O)[C@H](CC(C)(C)C)Nc2nc(=O)oc3cc(F)ccc23)CC1.[HH]. The number of nitrogens with zero attached hydrogens (tertiary/aromatic N) is 3. The first-order chi connectivity index (χ1) is 15.5. The van der Waals surface area contributed by atoms with Crippen molar-refractivity contribution in [2.45, 2.75) is 65.0 Å². The smallest absolute Gasteiger partial charge is 0.408 e. The van der Waals surface area contributed by atoms with Gasteiger partial charge in [0.1, 0.15) is 28.8 Å². The van der Waals surface area contributed by atoms with Gasteiger partial charge in [0, 0.05) is 20.6 Å². The highest BCUT2D eigenvalue weighted by atomic mass is 19.1. The molecule has 1 fully saturated rings. The fourth-order valence-electron chi connectivity index (χ4n) is 4.20. The van der Waals surface area contributed by atoms with Crippen LogP contribution in [0.2, 0.25) is 0 Å². The number of likely N-dealkylation sites (tertiary alicyclic amines) is 1. The molecule has 33 heavy (non-hydrogen) atoms. The number of carbonyl (C=O) groups excluding carboxylic acids is 1. The van der Waals surface area contributed by atoms with Gasteiger partial charge in [-0.1, -0.05) is 27.7 Å². The molecule has 2 N–H and O–H groups in total. The number of nitrogens with one attached hydrogen (secondary N) is 2. The van der Waals surface area contributed by atoms with Crippen molar-refractivity contribution in [3.8, 4) is 6.07 Å². The van der Waals surface area contributed by atoms with Gasteiger partial charge in [0.2, 0.25) is 5.91 Å². The van der Waals surface area contributed by atoms with Crippen molar-refractivity contribution in [1.29, 1.82) is 5.26 Å². The molecule has 0 saturated carbocycles. The van der Waals surface area contributed by atoms with Gasteiger partial charge in [-0.15, -0.1) is 0 Å². The molecule has 2 heterocycles. The standard InChI is InChI=1S/C24H32FN5O3.H2/c1-5-10-30-11-8-24(15-26,9-12-30)29-21(31)18(14-23(2,3)4)27-20-17-7-6-16(25)13-19(17)33-22(32)28-20;/h6-7,13,18H,5,8-12,14H2,1-4H3,(H,29,31)(H,27,28,32);1H/t18-;/m0./s1. The average molecular weight is 460 g/mol. The van der Waals surface area contributed by atoms with Gasteiger partial charge >= 0.3 is 5.76 Å². The lowest BCUT2D eigenvalue weighted by Gasteiger charge is -2.39. The highest BCUT2D eigenvalue weighted by Crippen LogP contribution is 2.28. The van der Waals surface area contributed by atoms with Crippen LogP contribution in [0.1, 0.15) is 54.8 Å². The minimum absolute atomic E-state index is 0. The first kappa shape index (κ1) is 24.6. The minimum Gasteiger partial charge on any atom is -0.408 e. The van der Waals surface area contributed by atoms with Crippen LogP contribution < -0.4 is 16.4 Å². The van der Waals surface area contributed by atoms with E-state index in [4.69, 9.17) is 4.42 Å². The average Bonchev–Trinajstić information content (AvgIpc) is 2.73. The zero-order chi connectivity index (χ0) is 24.2. The second-order valence-electron chi connectivity index (χ2n) is 9.96. The molecular formula is C24H34FN5O3. The Morgan fingerprint density at radius 3 is 2.70 bits per heavy atom. The van der Waals surface area contributed by atoms with Gasteiger partial charge in [-0.25, -0.2) is 9.18 Å². The van der Waals surface area contributed by atoms with E-state index in [9.17, 15) is 19.2 Å². The Morgan fingerprint density at radius 1 is 1.39 bits per heavy atom. The second-order valence-corrected chi connectivity index (χ2v) is 9.96. The maximum Gasteiger partial charge on any atom is 0.441 e. The quantitative estimate of drug-likeness (QED) is 0.650. The Hall–Kier alpha value is -2.99. The van der Waals surface area contributed by atoms with Crippen molar-refractivity contribution in [2.75, 3.05) is 25.0 Å². The van der Waals surface area contributed by atoms with E-state index in [2.05, 4.69) is 33.5 Å². The number of rotatable bonds is 7. The van der Waals surface area contributed by atoms with Crippen molar-refractivity contribution >= 4 is 22.7 Å². The lowest BCUT2D eigenvalue weighted by Crippen LogP contribution is -2.57. The summed E-state index contributed by atoms with van der Waals surface area (Å²) in [6.07, 6.45) is 2.56. The monoisotopic (exact) mass is 459 g/mol. The summed E-state index contributed by atoms with van der Waals surface area (Å²) < 4.78 is 18.6. The van der Waals surface area contributed by atoms with Crippen molar-refractivity contribution in [3.63, 3.8) is 0 Å². The van der Waals surface area contributed by atoms with Gasteiger partial charge < -0.3 is 20.0 Å². The largest absolute Gasteiger partial charge is 0.441 e. The molecular weight excluding hydrogens is 425 g/mol. The van der Waals surface area contributed by atoms with Gasteiger partial charge in [0.05, 0.1) is 11.5 Å². The van der Waals surface area contributed by atoms with Crippen LogP contribution in [0.25, 0.3) is 11.0 Å². The number of aromatic nitrogens is 1. The maximum absolute atomic E-state index is 13.6. The lowest BCUT2D eigenvalue weighted by atomic mass is 9.85. The van der Waals surface area contributed by atoms with E-state index in [0.29, 0.717) is 24.6 Å². The number of halogens is 1. The predicted octanol–water partition coefficient (Wildman–Crippen LogP) is 3.67. The summed E-state index contributed by atoms with van der Waals surface area (Å²) in [6, 6.07) is 5.37. The fraction of sp³-hybridized carbons (Fsp3) is 0.583. The van der Waals surface area contributed by atoms with Crippen molar-refractivity contribution in [2.24, 2.45) is 5.41 Å². The van der Waals surface area contributed by atoms with E-state index in [1.165, 1.54) is 12.1 Å². The van der Waals surface area contributed by atoms with Crippen molar-refractivity contribution in [1.82, 2.24) is 15.2 Å². The number of hydrogen-bond donors (Lipinski definition) is 2. The summed E-state index contributed by atoms with van der Waals surface area (Å²) in [5.74, 6) is -1.62. The summed E-state index contributed by atoms with van der Waals surface area (Å²) in [4.78, 5) is 31.6. The third-order valence-corrected chi connectivity index (χ3v) is 5.87. The van der Waals surface area contributed by atoms with Gasteiger partial charge in [0.25, 0.3) is 0 Å². The molecule has 1 amide bonds. The van der Waals surface area contributed by atoms with E-state index >= 15 is 0 Å². The lowest BCUT2D eigenvalue weighted by molar-refractivity contribution is -0.124. The summed E-state index contributed by atoms with van der Waals surface area (Å²) in [5, 5.41) is 16.4. The summed E-state index contributed by atoms with van der Waals surface area (Å²) >= 11 is 0. The minimum atomic E-state index is -0.937. The Morgan fingerprint density at radius 2 is 2.09 bits per heavy atom. The molecule has 1 saturated heterocycles. The molecule has 1 aliphatic rings. The zero-order valence-electron chi connectivity index (χ0n) is 19.7. The van der Waals surface area contributed by atoms with E-state index in [1.54, 1.807) is 0 Å². The molecule has 8 nitrogen and oxygen atoms in total. The zero-order valence-corrected chi connectivity index (χ0v) is 19.7. The molecule has 0 bridgehead atoms.